The summed E-state index contributed by atoms with van der Waals surface area (Å²) in [7, 11) is 1.54. The average molecular weight is 364 g/mol. The quantitative estimate of drug-likeness (QED) is 0.544. The van der Waals surface area contributed by atoms with Gasteiger partial charge in [-0.05, 0) is 18.4 Å². The van der Waals surface area contributed by atoms with Crippen LogP contribution in [-0.4, -0.2) is 32.4 Å². The zero-order valence-corrected chi connectivity index (χ0v) is 15.3. The SMILES string of the molecule is CCn1cnc2c1c(=O)n(CCOC)c(=O)n2-c1cccc2ccccc12. The summed E-state index contributed by atoms with van der Waals surface area (Å²) < 4.78 is 9.61. The van der Waals surface area contributed by atoms with Crippen molar-refractivity contribution in [1.29, 1.82) is 0 Å². The highest BCUT2D eigenvalue weighted by molar-refractivity contribution is 5.91. The number of benzene rings is 2. The van der Waals surface area contributed by atoms with Crippen LogP contribution in [0.1, 0.15) is 6.92 Å². The number of fused-ring (bicyclic) bond motifs is 2. The van der Waals surface area contributed by atoms with Crippen LogP contribution in [-0.2, 0) is 17.8 Å². The van der Waals surface area contributed by atoms with Gasteiger partial charge in [0, 0.05) is 19.0 Å². The molecular formula is C20H20N4O3. The monoisotopic (exact) mass is 364 g/mol. The minimum absolute atomic E-state index is 0.184. The van der Waals surface area contributed by atoms with Crippen LogP contribution in [0.25, 0.3) is 27.6 Å². The smallest absolute Gasteiger partial charge is 0.337 e. The number of aromatic nitrogens is 4. The summed E-state index contributed by atoms with van der Waals surface area (Å²) in [5.74, 6) is 0. The fourth-order valence-corrected chi connectivity index (χ4v) is 3.42. The van der Waals surface area contributed by atoms with E-state index >= 15 is 0 Å². The van der Waals surface area contributed by atoms with E-state index < -0.39 is 5.69 Å². The van der Waals surface area contributed by atoms with E-state index in [9.17, 15) is 9.59 Å². The van der Waals surface area contributed by atoms with Gasteiger partial charge >= 0.3 is 5.69 Å². The normalized spacial score (nSPS) is 11.5. The molecule has 0 N–H and O–H groups in total. The summed E-state index contributed by atoms with van der Waals surface area (Å²) >= 11 is 0. The molecule has 2 aromatic heterocycles. The number of nitrogens with zero attached hydrogens (tertiary/aromatic N) is 4. The van der Waals surface area contributed by atoms with Crippen LogP contribution in [0.4, 0.5) is 0 Å². The van der Waals surface area contributed by atoms with Crippen molar-refractivity contribution in [2.24, 2.45) is 0 Å². The van der Waals surface area contributed by atoms with Gasteiger partial charge in [0.05, 0.1) is 25.2 Å². The fourth-order valence-electron chi connectivity index (χ4n) is 3.42. The van der Waals surface area contributed by atoms with E-state index in [0.29, 0.717) is 23.4 Å². The second-order valence-corrected chi connectivity index (χ2v) is 6.27. The number of rotatable bonds is 5. The van der Waals surface area contributed by atoms with Crippen molar-refractivity contribution < 1.29 is 4.74 Å². The second kappa shape index (κ2) is 6.85. The van der Waals surface area contributed by atoms with Gasteiger partial charge in [-0.3, -0.25) is 9.36 Å². The van der Waals surface area contributed by atoms with E-state index in [-0.39, 0.29) is 18.7 Å². The third-order valence-corrected chi connectivity index (χ3v) is 4.77. The molecule has 4 rings (SSSR count). The minimum Gasteiger partial charge on any atom is -0.383 e. The lowest BCUT2D eigenvalue weighted by Crippen LogP contribution is -2.41. The molecule has 0 aliphatic rings. The molecular weight excluding hydrogens is 344 g/mol. The Hall–Kier alpha value is -3.19. The molecule has 0 atom stereocenters. The van der Waals surface area contributed by atoms with Gasteiger partial charge in [-0.25, -0.2) is 14.3 Å². The van der Waals surface area contributed by atoms with Gasteiger partial charge in [0.15, 0.2) is 11.2 Å². The largest absolute Gasteiger partial charge is 0.383 e. The van der Waals surface area contributed by atoms with Crippen LogP contribution in [0.3, 0.4) is 0 Å². The molecule has 0 bridgehead atoms. The van der Waals surface area contributed by atoms with Gasteiger partial charge in [-0.1, -0.05) is 36.4 Å². The number of ether oxygens (including phenoxy) is 1. The molecule has 138 valence electrons. The van der Waals surface area contributed by atoms with Gasteiger partial charge in [0.25, 0.3) is 5.56 Å². The van der Waals surface area contributed by atoms with Crippen LogP contribution >= 0.6 is 0 Å². The van der Waals surface area contributed by atoms with Gasteiger partial charge in [0.1, 0.15) is 0 Å². The predicted molar refractivity (Wildman–Crippen MR) is 105 cm³/mol. The van der Waals surface area contributed by atoms with Crippen molar-refractivity contribution in [3.05, 3.63) is 69.6 Å². The van der Waals surface area contributed by atoms with Crippen LogP contribution in [0.5, 0.6) is 0 Å². The van der Waals surface area contributed by atoms with E-state index in [4.69, 9.17) is 4.74 Å². The Bertz CT molecular complexity index is 1240. The standard InChI is InChI=1S/C20H20N4O3/c1-3-22-13-21-18-17(22)19(25)23(11-12-27-2)20(26)24(18)16-10-6-8-14-7-4-5-9-15(14)16/h4-10,13H,3,11-12H2,1-2H3. The Kier molecular flexibility index (Phi) is 4.37. The lowest BCUT2D eigenvalue weighted by molar-refractivity contribution is 0.184. The Balaban J connectivity index is 2.15. The van der Waals surface area contributed by atoms with Gasteiger partial charge in [-0.15, -0.1) is 0 Å². The van der Waals surface area contributed by atoms with Crippen molar-refractivity contribution in [1.82, 2.24) is 18.7 Å². The second-order valence-electron chi connectivity index (χ2n) is 6.27. The topological polar surface area (TPSA) is 71.1 Å². The third-order valence-electron chi connectivity index (χ3n) is 4.77. The van der Waals surface area contributed by atoms with Crippen LogP contribution in [0.15, 0.2) is 58.4 Å². The predicted octanol–water partition coefficient (Wildman–Crippen LogP) is 2.17. The molecule has 0 unspecified atom stereocenters. The van der Waals surface area contributed by atoms with E-state index in [1.165, 1.54) is 9.13 Å². The highest BCUT2D eigenvalue weighted by Gasteiger charge is 2.19. The Morgan fingerprint density at radius 3 is 2.63 bits per heavy atom. The average Bonchev–Trinajstić information content (AvgIpc) is 3.12. The molecule has 7 heteroatoms. The Labute approximate surface area is 155 Å². The summed E-state index contributed by atoms with van der Waals surface area (Å²) in [4.78, 5) is 30.6. The van der Waals surface area contributed by atoms with Gasteiger partial charge < -0.3 is 9.30 Å². The van der Waals surface area contributed by atoms with Crippen molar-refractivity contribution in [3.8, 4) is 5.69 Å². The Morgan fingerprint density at radius 1 is 1.07 bits per heavy atom. The summed E-state index contributed by atoms with van der Waals surface area (Å²) in [6, 6.07) is 13.6. The lowest BCUT2D eigenvalue weighted by Gasteiger charge is -2.14. The molecule has 7 nitrogen and oxygen atoms in total. The maximum atomic E-state index is 13.3. The maximum Gasteiger partial charge on any atom is 0.337 e. The van der Waals surface area contributed by atoms with E-state index in [0.717, 1.165) is 10.8 Å². The molecule has 0 aliphatic heterocycles. The van der Waals surface area contributed by atoms with Gasteiger partial charge in [-0.2, -0.15) is 0 Å². The lowest BCUT2D eigenvalue weighted by atomic mass is 10.1. The molecule has 0 amide bonds. The molecule has 0 saturated heterocycles. The molecule has 2 aromatic carbocycles. The van der Waals surface area contributed by atoms with Crippen molar-refractivity contribution in [2.45, 2.75) is 20.0 Å². The minimum atomic E-state index is -0.415. The summed E-state index contributed by atoms with van der Waals surface area (Å²) in [6.45, 7) is 2.98. The van der Waals surface area contributed by atoms with Crippen LogP contribution in [0, 0.1) is 0 Å². The first-order chi connectivity index (χ1) is 13.2. The fraction of sp³-hybridized carbons (Fsp3) is 0.250. The third kappa shape index (κ3) is 2.67. The number of hydrogen-bond acceptors (Lipinski definition) is 4. The molecule has 4 aromatic rings. The zero-order valence-electron chi connectivity index (χ0n) is 15.3. The summed E-state index contributed by atoms with van der Waals surface area (Å²) in [6.07, 6.45) is 1.60. The maximum absolute atomic E-state index is 13.3. The van der Waals surface area contributed by atoms with Crippen molar-refractivity contribution in [3.63, 3.8) is 0 Å². The molecule has 0 aliphatic carbocycles. The number of hydrogen-bond donors (Lipinski definition) is 0. The molecule has 0 fully saturated rings. The molecule has 0 saturated carbocycles. The first-order valence-corrected chi connectivity index (χ1v) is 8.85. The Morgan fingerprint density at radius 2 is 1.85 bits per heavy atom. The highest BCUT2D eigenvalue weighted by atomic mass is 16.5. The number of methoxy groups -OCH3 is 1. The first-order valence-electron chi connectivity index (χ1n) is 8.85. The van der Waals surface area contributed by atoms with E-state index in [2.05, 4.69) is 4.98 Å². The highest BCUT2D eigenvalue weighted by Crippen LogP contribution is 2.23. The summed E-state index contributed by atoms with van der Waals surface area (Å²) in [5, 5.41) is 1.94. The van der Waals surface area contributed by atoms with Crippen LogP contribution < -0.4 is 11.2 Å². The molecule has 2 heterocycles. The summed E-state index contributed by atoms with van der Waals surface area (Å²) in [5.41, 5.74) is 0.735. The number of imidazole rings is 1. The molecule has 27 heavy (non-hydrogen) atoms. The molecule has 0 spiro atoms. The first kappa shape index (κ1) is 17.2. The van der Waals surface area contributed by atoms with Gasteiger partial charge in [0.2, 0.25) is 0 Å². The van der Waals surface area contributed by atoms with E-state index in [1.54, 1.807) is 18.0 Å². The van der Waals surface area contributed by atoms with E-state index in [1.807, 2.05) is 49.4 Å². The molecule has 0 radical (unpaired) electrons. The van der Waals surface area contributed by atoms with Crippen molar-refractivity contribution in [2.75, 3.05) is 13.7 Å². The number of aryl methyl sites for hydroxylation is 1. The van der Waals surface area contributed by atoms with Crippen LogP contribution in [0.2, 0.25) is 0 Å². The van der Waals surface area contributed by atoms with Crippen molar-refractivity contribution >= 4 is 21.9 Å². The zero-order chi connectivity index (χ0) is 19.0.